The van der Waals surface area contributed by atoms with Crippen molar-refractivity contribution in [3.8, 4) is 0 Å². The summed E-state index contributed by atoms with van der Waals surface area (Å²) >= 11 is 6.90. The summed E-state index contributed by atoms with van der Waals surface area (Å²) in [6.07, 6.45) is -0.391. The van der Waals surface area contributed by atoms with Crippen LogP contribution in [0.4, 0.5) is 0 Å². The minimum Gasteiger partial charge on any atom is -0.392 e. The van der Waals surface area contributed by atoms with Gasteiger partial charge in [0.05, 0.1) is 26.7 Å². The monoisotopic (exact) mass is 321 g/mol. The second-order valence-corrected chi connectivity index (χ2v) is 9.05. The van der Waals surface area contributed by atoms with Gasteiger partial charge < -0.3 is 10.8 Å². The van der Waals surface area contributed by atoms with Crippen LogP contribution in [0.5, 0.6) is 0 Å². The lowest BCUT2D eigenvalue weighted by atomic mass is 9.07. The Bertz CT molecular complexity index is 727. The third kappa shape index (κ3) is 1.48. The van der Waals surface area contributed by atoms with Gasteiger partial charge in [0.15, 0.2) is 13.6 Å². The summed E-state index contributed by atoms with van der Waals surface area (Å²) in [5.41, 5.74) is 5.62. The molecule has 0 amide bonds. The molecule has 1 heterocycles. The minimum absolute atomic E-state index is 0.340. The normalized spacial score (nSPS) is 40.5. The van der Waals surface area contributed by atoms with E-state index in [9.17, 15) is 9.90 Å². The molecular formula is C12H19B7ClNO2. The van der Waals surface area contributed by atoms with Gasteiger partial charge in [-0.2, -0.15) is 11.5 Å². The first-order valence-electron chi connectivity index (χ1n) is 8.09. The highest BCUT2D eigenvalue weighted by molar-refractivity contribution is 7.20. The van der Waals surface area contributed by atoms with Gasteiger partial charge in [0.25, 0.3) is 6.13 Å². The quantitative estimate of drug-likeness (QED) is 0.469. The molecule has 11 heteroatoms. The third-order valence-electron chi connectivity index (χ3n) is 7.86. The van der Waals surface area contributed by atoms with Crippen molar-refractivity contribution in [2.45, 2.75) is 26.7 Å². The Morgan fingerprint density at radius 2 is 1.57 bits per heavy atom. The predicted molar refractivity (Wildman–Crippen MR) is 113 cm³/mol. The molecule has 3 nitrogen and oxygen atoms in total. The smallest absolute Gasteiger partial charge is 0.283 e. The molecule has 1 aliphatic carbocycles. The highest BCUT2D eigenvalue weighted by Gasteiger charge is 2.78. The van der Waals surface area contributed by atoms with E-state index in [0.29, 0.717) is 0 Å². The van der Waals surface area contributed by atoms with Crippen LogP contribution >= 0.6 is 11.5 Å². The summed E-state index contributed by atoms with van der Waals surface area (Å²) in [6.45, 7) is 0. The van der Waals surface area contributed by atoms with Crippen LogP contribution < -0.4 is 11.2 Å². The topological polar surface area (TPSA) is 63.3 Å². The van der Waals surface area contributed by atoms with Crippen molar-refractivity contribution in [2.75, 3.05) is 0 Å². The molecule has 112 valence electrons. The summed E-state index contributed by atoms with van der Waals surface area (Å²) in [5, 5.41) is 9.28. The number of fused-ring (bicyclic) bond motifs is 3. The SMILES string of the molecule is BC1(O)C(=O)C2(N)c3ccccc3B(Cl)C2(B)C(B)(B)C1(B)B. The molecule has 3 N–H and O–H groups in total. The fourth-order valence-corrected chi connectivity index (χ4v) is 5.60. The molecule has 1 saturated carbocycles. The Balaban J connectivity index is 2.45. The van der Waals surface area contributed by atoms with Gasteiger partial charge >= 0.3 is 0 Å². The number of hydrogen-bond acceptors (Lipinski definition) is 3. The molecule has 0 bridgehead atoms. The third-order valence-corrected chi connectivity index (χ3v) is 8.53. The number of carbonyl (C=O) groups excluding carboxylic acids is 1. The number of Topliss-reactive ketones (excluding diaryl/α,β-unsaturated/α-hetero) is 1. The molecule has 1 aliphatic heterocycles. The van der Waals surface area contributed by atoms with Gasteiger partial charge in [-0.1, -0.05) is 40.2 Å². The zero-order chi connectivity index (χ0) is 17.6. The first-order chi connectivity index (χ1) is 10.3. The molecule has 3 atom stereocenters. The Kier molecular flexibility index (Phi) is 3.32. The molecule has 0 radical (unpaired) electrons. The fraction of sp³-hybridized carbons (Fsp3) is 0.417. The van der Waals surface area contributed by atoms with Crippen LogP contribution in [0.2, 0.25) is 15.6 Å². The largest absolute Gasteiger partial charge is 0.392 e. The number of halogens is 1. The van der Waals surface area contributed by atoms with E-state index in [1.54, 1.807) is 7.85 Å². The molecule has 2 aliphatic rings. The molecular weight excluding hydrogens is 301 g/mol. The molecule has 1 aromatic carbocycles. The fourth-order valence-electron chi connectivity index (χ4n) is 4.96. The van der Waals surface area contributed by atoms with Crippen molar-refractivity contribution >= 4 is 75.9 Å². The van der Waals surface area contributed by atoms with Crippen LogP contribution in [0.25, 0.3) is 0 Å². The van der Waals surface area contributed by atoms with Crippen molar-refractivity contribution < 1.29 is 9.90 Å². The van der Waals surface area contributed by atoms with Crippen molar-refractivity contribution in [2.24, 2.45) is 5.73 Å². The van der Waals surface area contributed by atoms with Crippen LogP contribution in [0, 0.1) is 0 Å². The van der Waals surface area contributed by atoms with Gasteiger partial charge in [0, 0.05) is 0 Å². The number of hydrogen-bond donors (Lipinski definition) is 2. The lowest BCUT2D eigenvalue weighted by molar-refractivity contribution is -0.142. The van der Waals surface area contributed by atoms with E-state index in [4.69, 9.17) is 17.2 Å². The summed E-state index contributed by atoms with van der Waals surface area (Å²) in [5.74, 6) is -0.340. The second kappa shape index (κ2) is 4.39. The molecule has 1 aromatic rings. The Morgan fingerprint density at radius 3 is 2.13 bits per heavy atom. The van der Waals surface area contributed by atoms with Gasteiger partial charge in [0.1, 0.15) is 23.5 Å². The summed E-state index contributed by atoms with van der Waals surface area (Å²) in [7, 11) is 11.6. The van der Waals surface area contributed by atoms with Crippen LogP contribution in [0.15, 0.2) is 24.3 Å². The lowest BCUT2D eigenvalue weighted by Crippen LogP contribution is -2.76. The number of nitrogens with two attached hydrogens (primary N) is 1. The molecule has 0 aromatic heterocycles. The average molecular weight is 320 g/mol. The van der Waals surface area contributed by atoms with E-state index < -0.39 is 32.8 Å². The van der Waals surface area contributed by atoms with Crippen LogP contribution in [0.3, 0.4) is 0 Å². The first-order valence-corrected chi connectivity index (χ1v) is 8.53. The zero-order valence-electron chi connectivity index (χ0n) is 14.7. The van der Waals surface area contributed by atoms with Gasteiger partial charge in [-0.25, -0.2) is 0 Å². The van der Waals surface area contributed by atoms with E-state index in [2.05, 4.69) is 15.7 Å². The Labute approximate surface area is 148 Å². The molecule has 1 fully saturated rings. The number of ketones is 1. The number of carbonyl (C=O) groups is 1. The molecule has 3 rings (SSSR count). The molecule has 0 spiro atoms. The number of rotatable bonds is 0. The maximum absolute atomic E-state index is 13.4. The van der Waals surface area contributed by atoms with Gasteiger partial charge in [-0.3, -0.25) is 4.79 Å². The van der Waals surface area contributed by atoms with Crippen LogP contribution in [-0.4, -0.2) is 69.6 Å². The van der Waals surface area contributed by atoms with Gasteiger partial charge in [-0.15, -0.1) is 0 Å². The van der Waals surface area contributed by atoms with Crippen molar-refractivity contribution in [1.82, 2.24) is 0 Å². The summed E-state index contributed by atoms with van der Waals surface area (Å²) < 4.78 is 0. The Hall–Kier alpha value is -0.445. The maximum atomic E-state index is 13.4. The number of benzene rings is 1. The summed E-state index contributed by atoms with van der Waals surface area (Å²) in [4.78, 5) is 13.4. The van der Waals surface area contributed by atoms with Crippen molar-refractivity contribution in [3.63, 3.8) is 0 Å². The van der Waals surface area contributed by atoms with E-state index in [1.165, 1.54) is 0 Å². The van der Waals surface area contributed by atoms with E-state index in [1.807, 2.05) is 47.8 Å². The Morgan fingerprint density at radius 1 is 1.04 bits per heavy atom. The average Bonchev–Trinajstić information content (AvgIpc) is 2.67. The van der Waals surface area contributed by atoms with Crippen molar-refractivity contribution in [1.29, 1.82) is 0 Å². The van der Waals surface area contributed by atoms with E-state index in [-0.39, 0.29) is 5.78 Å². The second-order valence-electron chi connectivity index (χ2n) is 8.61. The van der Waals surface area contributed by atoms with Crippen LogP contribution in [0.1, 0.15) is 5.56 Å². The van der Waals surface area contributed by atoms with Gasteiger partial charge in [-0.05, 0) is 10.8 Å². The van der Waals surface area contributed by atoms with Crippen molar-refractivity contribution in [3.05, 3.63) is 29.8 Å². The molecule has 0 saturated heterocycles. The van der Waals surface area contributed by atoms with E-state index >= 15 is 0 Å². The zero-order valence-corrected chi connectivity index (χ0v) is 15.5. The minimum atomic E-state index is -1.54. The highest BCUT2D eigenvalue weighted by Crippen LogP contribution is 2.74. The molecule has 23 heavy (non-hydrogen) atoms. The van der Waals surface area contributed by atoms with E-state index in [0.717, 1.165) is 11.0 Å². The molecule has 3 unspecified atom stereocenters. The standard InChI is InChI=1S/C12H19B7ClNO2/c13-9(23)7(22)8(21)5-3-1-2-4-6(5)19(20)12(8,18)11(16,17)10(9,14)15/h1-4,23H,13-18,21H2. The van der Waals surface area contributed by atoms with Gasteiger partial charge in [0.2, 0.25) is 0 Å². The van der Waals surface area contributed by atoms with Crippen LogP contribution in [-0.2, 0) is 10.3 Å². The highest BCUT2D eigenvalue weighted by atomic mass is 35.5. The lowest BCUT2D eigenvalue weighted by Gasteiger charge is -2.68. The summed E-state index contributed by atoms with van der Waals surface area (Å²) in [6, 6.07) is 7.60. The predicted octanol–water partition coefficient (Wildman–Crippen LogP) is -5.71. The maximum Gasteiger partial charge on any atom is 0.283 e. The first kappa shape index (κ1) is 17.4. The number of aliphatic hydroxyl groups is 1.